The summed E-state index contributed by atoms with van der Waals surface area (Å²) in [6.45, 7) is -0.303. The van der Waals surface area contributed by atoms with Crippen LogP contribution in [0.1, 0.15) is 6.92 Å². The lowest BCUT2D eigenvalue weighted by Crippen LogP contribution is -2.59. The molecule has 0 amide bonds. The average Bonchev–Trinajstić information content (AvgIpc) is 2.36. The van der Waals surface area contributed by atoms with Crippen LogP contribution in [0.2, 0.25) is 0 Å². The number of alkyl halides is 3. The zero-order chi connectivity index (χ0) is 17.2. The molecule has 1 N–H and O–H groups in total. The van der Waals surface area contributed by atoms with E-state index in [9.17, 15) is 26.0 Å². The van der Waals surface area contributed by atoms with Gasteiger partial charge in [0.25, 0.3) is 0 Å². The van der Waals surface area contributed by atoms with Crippen LogP contribution >= 0.6 is 0 Å². The van der Waals surface area contributed by atoms with Gasteiger partial charge in [-0.1, -0.05) is 0 Å². The van der Waals surface area contributed by atoms with Gasteiger partial charge in [0.05, 0.1) is 18.6 Å². The first-order chi connectivity index (χ1) is 9.97. The van der Waals surface area contributed by atoms with E-state index in [1.54, 1.807) is 0 Å². The van der Waals surface area contributed by atoms with Gasteiger partial charge >= 0.3 is 6.18 Å². The Morgan fingerprint density at radius 2 is 1.82 bits per heavy atom. The lowest BCUT2D eigenvalue weighted by atomic mass is 10.1. The fraction of sp³-hybridized carbons (Fsp3) is 0.500. The van der Waals surface area contributed by atoms with Crippen molar-refractivity contribution in [3.63, 3.8) is 0 Å². The van der Waals surface area contributed by atoms with Crippen LogP contribution in [0.25, 0.3) is 0 Å². The summed E-state index contributed by atoms with van der Waals surface area (Å²) >= 11 is 0. The predicted octanol–water partition coefficient (Wildman–Crippen LogP) is 2.08. The molecule has 1 aromatic carbocycles. The van der Waals surface area contributed by atoms with E-state index in [0.717, 1.165) is 19.2 Å². The number of hydrogen-bond donors (Lipinski definition) is 1. The zero-order valence-electron chi connectivity index (χ0n) is 12.0. The highest BCUT2D eigenvalue weighted by Gasteiger charge is 2.53. The van der Waals surface area contributed by atoms with Gasteiger partial charge in [0.15, 0.2) is 11.6 Å². The highest BCUT2D eigenvalue weighted by Crippen LogP contribution is 2.32. The van der Waals surface area contributed by atoms with Gasteiger partial charge in [-0.15, -0.1) is 0 Å². The molecule has 0 spiro atoms. The number of hydrogen-bond acceptors (Lipinski definition) is 4. The zero-order valence-corrected chi connectivity index (χ0v) is 12.8. The molecule has 0 aromatic heterocycles. The minimum absolute atomic E-state index is 0.227. The Morgan fingerprint density at radius 1 is 1.23 bits per heavy atom. The number of sulfonamides is 1. The van der Waals surface area contributed by atoms with Crippen molar-refractivity contribution in [2.45, 2.75) is 23.5 Å². The smallest absolute Gasteiger partial charge is 0.409 e. The normalized spacial score (nSPS) is 15.4. The molecule has 1 atom stereocenters. The maximum Gasteiger partial charge on any atom is 0.409 e. The van der Waals surface area contributed by atoms with Crippen molar-refractivity contribution in [1.82, 2.24) is 4.72 Å². The van der Waals surface area contributed by atoms with Gasteiger partial charge < -0.3 is 9.47 Å². The maximum absolute atomic E-state index is 13.5. The standard InChI is InChI=1S/C12H15F4NO4S/c1-11(7-20-2,12(14,15)16)17-22(18,19)8-4-5-10(21-3)9(13)6-8/h4-6,17H,7H2,1-3H3. The molecule has 0 heterocycles. The Bertz CT molecular complexity index is 633. The summed E-state index contributed by atoms with van der Waals surface area (Å²) < 4.78 is 87.3. The van der Waals surface area contributed by atoms with Crippen LogP contribution in [0.3, 0.4) is 0 Å². The van der Waals surface area contributed by atoms with Gasteiger partial charge in [-0.05, 0) is 25.1 Å². The van der Waals surface area contributed by atoms with E-state index in [-0.39, 0.29) is 5.75 Å². The van der Waals surface area contributed by atoms with Crippen LogP contribution in [-0.2, 0) is 14.8 Å². The Kier molecular flexibility index (Phi) is 5.42. The molecule has 0 aliphatic rings. The molecule has 0 aliphatic carbocycles. The second-order valence-corrected chi connectivity index (χ2v) is 6.35. The Labute approximate surface area is 125 Å². The van der Waals surface area contributed by atoms with Crippen LogP contribution in [-0.4, -0.2) is 41.0 Å². The van der Waals surface area contributed by atoms with Crippen molar-refractivity contribution < 1.29 is 35.5 Å². The van der Waals surface area contributed by atoms with Crippen molar-refractivity contribution in [3.8, 4) is 5.75 Å². The van der Waals surface area contributed by atoms with Crippen LogP contribution < -0.4 is 9.46 Å². The van der Waals surface area contributed by atoms with Crippen LogP contribution in [0.5, 0.6) is 5.75 Å². The largest absolute Gasteiger partial charge is 0.494 e. The summed E-state index contributed by atoms with van der Waals surface area (Å²) in [5, 5.41) is 0. The molecular formula is C12H15F4NO4S. The molecule has 0 saturated heterocycles. The summed E-state index contributed by atoms with van der Waals surface area (Å²) in [6, 6.07) is 2.52. The van der Waals surface area contributed by atoms with Gasteiger partial charge in [0, 0.05) is 7.11 Å². The predicted molar refractivity (Wildman–Crippen MR) is 69.6 cm³/mol. The van der Waals surface area contributed by atoms with Crippen molar-refractivity contribution in [1.29, 1.82) is 0 Å². The maximum atomic E-state index is 13.5. The number of ether oxygens (including phenoxy) is 2. The Hall–Kier alpha value is -1.39. The number of methoxy groups -OCH3 is 2. The van der Waals surface area contributed by atoms with Crippen molar-refractivity contribution >= 4 is 10.0 Å². The minimum Gasteiger partial charge on any atom is -0.494 e. The molecule has 0 saturated carbocycles. The molecule has 126 valence electrons. The van der Waals surface area contributed by atoms with E-state index in [0.29, 0.717) is 13.0 Å². The fourth-order valence-corrected chi connectivity index (χ4v) is 3.02. The molecule has 10 heteroatoms. The third kappa shape index (κ3) is 3.87. The first-order valence-corrected chi connectivity index (χ1v) is 7.38. The number of benzene rings is 1. The molecular weight excluding hydrogens is 330 g/mol. The molecule has 22 heavy (non-hydrogen) atoms. The first kappa shape index (κ1) is 18.7. The molecule has 0 aliphatic heterocycles. The molecule has 5 nitrogen and oxygen atoms in total. The summed E-state index contributed by atoms with van der Waals surface area (Å²) in [4.78, 5) is -0.655. The summed E-state index contributed by atoms with van der Waals surface area (Å²) in [7, 11) is -2.44. The summed E-state index contributed by atoms with van der Waals surface area (Å²) in [6.07, 6.45) is -4.90. The highest BCUT2D eigenvalue weighted by atomic mass is 32.2. The number of halogens is 4. The van der Waals surface area contributed by atoms with Crippen molar-refractivity contribution in [3.05, 3.63) is 24.0 Å². The fourth-order valence-electron chi connectivity index (χ4n) is 1.63. The summed E-state index contributed by atoms with van der Waals surface area (Å²) in [5.41, 5.74) is -2.85. The van der Waals surface area contributed by atoms with Gasteiger partial charge in [-0.2, -0.15) is 17.9 Å². The topological polar surface area (TPSA) is 64.6 Å². The molecule has 0 bridgehead atoms. The second kappa shape index (κ2) is 6.39. The van der Waals surface area contributed by atoms with E-state index in [1.165, 1.54) is 11.8 Å². The van der Waals surface area contributed by atoms with E-state index in [4.69, 9.17) is 0 Å². The lowest BCUT2D eigenvalue weighted by Gasteiger charge is -2.31. The highest BCUT2D eigenvalue weighted by molar-refractivity contribution is 7.89. The van der Waals surface area contributed by atoms with Crippen LogP contribution in [0.15, 0.2) is 23.1 Å². The SMILES string of the molecule is COCC(C)(NS(=O)(=O)c1ccc(OC)c(F)c1)C(F)(F)F. The number of nitrogens with one attached hydrogen (secondary N) is 1. The van der Waals surface area contributed by atoms with Crippen LogP contribution in [0, 0.1) is 5.82 Å². The third-order valence-corrected chi connectivity index (χ3v) is 4.45. The monoisotopic (exact) mass is 345 g/mol. The lowest BCUT2D eigenvalue weighted by molar-refractivity contribution is -0.197. The van der Waals surface area contributed by atoms with Gasteiger partial charge in [0.1, 0.15) is 5.54 Å². The molecule has 0 fully saturated rings. The molecule has 0 radical (unpaired) electrons. The van der Waals surface area contributed by atoms with Gasteiger partial charge in [-0.3, -0.25) is 0 Å². The van der Waals surface area contributed by atoms with Crippen LogP contribution in [0.4, 0.5) is 17.6 Å². The van der Waals surface area contributed by atoms with E-state index in [1.807, 2.05) is 0 Å². The average molecular weight is 345 g/mol. The van der Waals surface area contributed by atoms with E-state index < -0.39 is 39.1 Å². The Balaban J connectivity index is 3.21. The summed E-state index contributed by atoms with van der Waals surface area (Å²) in [5.74, 6) is -1.24. The molecule has 1 aromatic rings. The number of rotatable bonds is 6. The second-order valence-electron chi connectivity index (χ2n) is 4.66. The van der Waals surface area contributed by atoms with E-state index >= 15 is 0 Å². The van der Waals surface area contributed by atoms with Crippen molar-refractivity contribution in [2.75, 3.05) is 20.8 Å². The molecule has 1 rings (SSSR count). The third-order valence-electron chi connectivity index (χ3n) is 2.85. The van der Waals surface area contributed by atoms with Gasteiger partial charge in [0.2, 0.25) is 10.0 Å². The molecule has 1 unspecified atom stereocenters. The first-order valence-electron chi connectivity index (χ1n) is 5.90. The van der Waals surface area contributed by atoms with E-state index in [2.05, 4.69) is 9.47 Å². The minimum atomic E-state index is -4.90. The Morgan fingerprint density at radius 3 is 2.23 bits per heavy atom. The van der Waals surface area contributed by atoms with Gasteiger partial charge in [-0.25, -0.2) is 12.8 Å². The van der Waals surface area contributed by atoms with Crippen molar-refractivity contribution in [2.24, 2.45) is 0 Å². The quantitative estimate of drug-likeness (QED) is 0.802.